The van der Waals surface area contributed by atoms with Gasteiger partial charge < -0.3 is 10.2 Å². The first-order valence-corrected chi connectivity index (χ1v) is 6.16. The number of nitrogens with one attached hydrogen (secondary N) is 1. The SMILES string of the molecule is CC1CC(C)CN(C(=O)CNC2CC2)C1. The van der Waals surface area contributed by atoms with E-state index in [0.29, 0.717) is 30.3 Å². The molecule has 0 aromatic rings. The molecule has 1 amide bonds. The average Bonchev–Trinajstić information content (AvgIpc) is 2.96. The molecule has 2 atom stereocenters. The highest BCUT2D eigenvalue weighted by molar-refractivity contribution is 5.78. The predicted molar refractivity (Wildman–Crippen MR) is 60.5 cm³/mol. The number of likely N-dealkylation sites (tertiary alicyclic amines) is 1. The minimum atomic E-state index is 0.292. The number of amides is 1. The van der Waals surface area contributed by atoms with Crippen molar-refractivity contribution in [2.45, 2.75) is 39.2 Å². The van der Waals surface area contributed by atoms with E-state index in [1.807, 2.05) is 4.90 Å². The molecule has 1 saturated heterocycles. The number of piperidine rings is 1. The normalized spacial score (nSPS) is 31.7. The van der Waals surface area contributed by atoms with Crippen LogP contribution < -0.4 is 5.32 Å². The van der Waals surface area contributed by atoms with Crippen LogP contribution in [-0.4, -0.2) is 36.5 Å². The lowest BCUT2D eigenvalue weighted by Crippen LogP contribution is -2.46. The van der Waals surface area contributed by atoms with Crippen molar-refractivity contribution >= 4 is 5.91 Å². The molecule has 0 aromatic carbocycles. The fourth-order valence-corrected chi connectivity index (χ4v) is 2.50. The van der Waals surface area contributed by atoms with Crippen molar-refractivity contribution in [2.24, 2.45) is 11.8 Å². The Morgan fingerprint density at radius 3 is 2.40 bits per heavy atom. The van der Waals surface area contributed by atoms with Crippen LogP contribution in [-0.2, 0) is 4.79 Å². The lowest BCUT2D eigenvalue weighted by molar-refractivity contribution is -0.132. The van der Waals surface area contributed by atoms with Crippen LogP contribution in [0.2, 0.25) is 0 Å². The highest BCUT2D eigenvalue weighted by Gasteiger charge is 2.27. The van der Waals surface area contributed by atoms with E-state index in [1.54, 1.807) is 0 Å². The minimum Gasteiger partial charge on any atom is -0.341 e. The fraction of sp³-hybridized carbons (Fsp3) is 0.917. The van der Waals surface area contributed by atoms with Gasteiger partial charge in [-0.25, -0.2) is 0 Å². The van der Waals surface area contributed by atoms with E-state index in [0.717, 1.165) is 13.1 Å². The smallest absolute Gasteiger partial charge is 0.236 e. The van der Waals surface area contributed by atoms with Gasteiger partial charge in [-0.1, -0.05) is 13.8 Å². The zero-order valence-corrected chi connectivity index (χ0v) is 9.83. The second-order valence-corrected chi connectivity index (χ2v) is 5.40. The molecular weight excluding hydrogens is 188 g/mol. The summed E-state index contributed by atoms with van der Waals surface area (Å²) in [5.74, 6) is 1.62. The predicted octanol–water partition coefficient (Wildman–Crippen LogP) is 1.24. The number of hydrogen-bond donors (Lipinski definition) is 1. The van der Waals surface area contributed by atoms with E-state index in [4.69, 9.17) is 0 Å². The molecule has 2 unspecified atom stereocenters. The van der Waals surface area contributed by atoms with E-state index in [1.165, 1.54) is 19.3 Å². The highest BCUT2D eigenvalue weighted by atomic mass is 16.2. The molecule has 86 valence electrons. The maximum atomic E-state index is 11.9. The molecule has 1 heterocycles. The molecule has 1 aliphatic heterocycles. The van der Waals surface area contributed by atoms with Crippen molar-refractivity contribution in [3.8, 4) is 0 Å². The first kappa shape index (κ1) is 10.9. The molecule has 1 N–H and O–H groups in total. The summed E-state index contributed by atoms with van der Waals surface area (Å²) in [6.45, 7) is 6.93. The molecule has 0 radical (unpaired) electrons. The second kappa shape index (κ2) is 4.52. The zero-order chi connectivity index (χ0) is 10.8. The Morgan fingerprint density at radius 1 is 1.27 bits per heavy atom. The van der Waals surface area contributed by atoms with Crippen molar-refractivity contribution in [3.63, 3.8) is 0 Å². The molecule has 2 fully saturated rings. The lowest BCUT2D eigenvalue weighted by atomic mass is 9.92. The minimum absolute atomic E-state index is 0.292. The van der Waals surface area contributed by atoms with Crippen LogP contribution in [0.5, 0.6) is 0 Å². The summed E-state index contributed by atoms with van der Waals surface area (Å²) in [4.78, 5) is 13.9. The topological polar surface area (TPSA) is 32.3 Å². The van der Waals surface area contributed by atoms with Crippen LogP contribution in [0, 0.1) is 11.8 Å². The summed E-state index contributed by atoms with van der Waals surface area (Å²) >= 11 is 0. The molecule has 3 nitrogen and oxygen atoms in total. The number of rotatable bonds is 3. The van der Waals surface area contributed by atoms with Crippen LogP contribution in [0.25, 0.3) is 0 Å². The summed E-state index contributed by atoms with van der Waals surface area (Å²) < 4.78 is 0. The number of nitrogens with zero attached hydrogens (tertiary/aromatic N) is 1. The molecule has 0 bridgehead atoms. The largest absolute Gasteiger partial charge is 0.341 e. The van der Waals surface area contributed by atoms with Gasteiger partial charge >= 0.3 is 0 Å². The van der Waals surface area contributed by atoms with E-state index >= 15 is 0 Å². The molecule has 0 aromatic heterocycles. The van der Waals surface area contributed by atoms with Gasteiger partial charge in [0.2, 0.25) is 5.91 Å². The van der Waals surface area contributed by atoms with Crippen molar-refractivity contribution in [1.29, 1.82) is 0 Å². The van der Waals surface area contributed by atoms with Crippen LogP contribution in [0.1, 0.15) is 33.1 Å². The Morgan fingerprint density at radius 2 is 1.87 bits per heavy atom. The number of carbonyl (C=O) groups is 1. The van der Waals surface area contributed by atoms with Gasteiger partial charge in [0, 0.05) is 19.1 Å². The number of hydrogen-bond acceptors (Lipinski definition) is 2. The third kappa shape index (κ3) is 3.20. The second-order valence-electron chi connectivity index (χ2n) is 5.40. The van der Waals surface area contributed by atoms with Crippen LogP contribution in [0.15, 0.2) is 0 Å². The first-order valence-electron chi connectivity index (χ1n) is 6.16. The highest BCUT2D eigenvalue weighted by Crippen LogP contribution is 2.21. The van der Waals surface area contributed by atoms with Gasteiger partial charge in [0.1, 0.15) is 0 Å². The molecule has 2 aliphatic rings. The van der Waals surface area contributed by atoms with Crippen LogP contribution in [0.4, 0.5) is 0 Å². The van der Waals surface area contributed by atoms with Gasteiger partial charge in [-0.3, -0.25) is 4.79 Å². The summed E-state index contributed by atoms with van der Waals surface area (Å²) in [7, 11) is 0. The lowest BCUT2D eigenvalue weighted by Gasteiger charge is -2.35. The molecule has 1 aliphatic carbocycles. The molecule has 2 rings (SSSR count). The molecule has 0 spiro atoms. The summed E-state index contributed by atoms with van der Waals surface area (Å²) in [6, 6.07) is 0.633. The third-order valence-corrected chi connectivity index (χ3v) is 3.34. The Balaban J connectivity index is 1.77. The van der Waals surface area contributed by atoms with Crippen molar-refractivity contribution in [3.05, 3.63) is 0 Å². The van der Waals surface area contributed by atoms with Crippen LogP contribution in [0.3, 0.4) is 0 Å². The van der Waals surface area contributed by atoms with Gasteiger partial charge in [0.05, 0.1) is 6.54 Å². The van der Waals surface area contributed by atoms with Gasteiger partial charge in [0.25, 0.3) is 0 Å². The van der Waals surface area contributed by atoms with E-state index < -0.39 is 0 Å². The summed E-state index contributed by atoms with van der Waals surface area (Å²) in [6.07, 6.45) is 3.76. The van der Waals surface area contributed by atoms with E-state index in [-0.39, 0.29) is 0 Å². The molecule has 15 heavy (non-hydrogen) atoms. The van der Waals surface area contributed by atoms with Gasteiger partial charge in [0.15, 0.2) is 0 Å². The Hall–Kier alpha value is -0.570. The Bertz CT molecular complexity index is 228. The van der Waals surface area contributed by atoms with Gasteiger partial charge in [-0.05, 0) is 31.1 Å². The van der Waals surface area contributed by atoms with E-state index in [9.17, 15) is 4.79 Å². The first-order chi connectivity index (χ1) is 7.15. The summed E-state index contributed by atoms with van der Waals surface area (Å²) in [5, 5.41) is 3.29. The molecule has 1 saturated carbocycles. The fourth-order valence-electron chi connectivity index (χ4n) is 2.50. The Labute approximate surface area is 92.2 Å². The van der Waals surface area contributed by atoms with Crippen molar-refractivity contribution in [1.82, 2.24) is 10.2 Å². The quantitative estimate of drug-likeness (QED) is 0.760. The van der Waals surface area contributed by atoms with Crippen LogP contribution >= 0.6 is 0 Å². The third-order valence-electron chi connectivity index (χ3n) is 3.34. The Kier molecular flexibility index (Phi) is 3.29. The maximum Gasteiger partial charge on any atom is 0.236 e. The zero-order valence-electron chi connectivity index (χ0n) is 9.83. The van der Waals surface area contributed by atoms with E-state index in [2.05, 4.69) is 19.2 Å². The van der Waals surface area contributed by atoms with Crippen molar-refractivity contribution < 1.29 is 4.79 Å². The van der Waals surface area contributed by atoms with Gasteiger partial charge in [-0.15, -0.1) is 0 Å². The monoisotopic (exact) mass is 210 g/mol. The summed E-state index contributed by atoms with van der Waals surface area (Å²) in [5.41, 5.74) is 0. The standard InChI is InChI=1S/C12H22N2O/c1-9-5-10(2)8-14(7-9)12(15)6-13-11-3-4-11/h9-11,13H,3-8H2,1-2H3. The van der Waals surface area contributed by atoms with Gasteiger partial charge in [-0.2, -0.15) is 0 Å². The average molecular weight is 210 g/mol. The molecular formula is C12H22N2O. The van der Waals surface area contributed by atoms with Crippen molar-refractivity contribution in [2.75, 3.05) is 19.6 Å². The number of carbonyl (C=O) groups excluding carboxylic acids is 1. The maximum absolute atomic E-state index is 11.9. The molecule has 3 heteroatoms.